The van der Waals surface area contributed by atoms with Crippen LogP contribution in [0.15, 0.2) is 17.8 Å². The molecular weight excluding hydrogens is 310 g/mol. The highest BCUT2D eigenvalue weighted by molar-refractivity contribution is 7.15. The normalized spacial score (nSPS) is 23.0. The molecule has 4 rings (SSSR count). The minimum atomic E-state index is 0.0762. The Morgan fingerprint density at radius 1 is 1.22 bits per heavy atom. The van der Waals surface area contributed by atoms with E-state index < -0.39 is 0 Å². The van der Waals surface area contributed by atoms with E-state index in [4.69, 9.17) is 0 Å². The number of aromatic nitrogens is 2. The van der Waals surface area contributed by atoms with Crippen LogP contribution in [0.2, 0.25) is 0 Å². The van der Waals surface area contributed by atoms with Crippen LogP contribution in [0.3, 0.4) is 0 Å². The number of imidazole rings is 1. The second kappa shape index (κ2) is 5.58. The van der Waals surface area contributed by atoms with E-state index in [9.17, 15) is 4.79 Å². The molecule has 2 aliphatic heterocycles. The molecule has 1 amide bonds. The summed E-state index contributed by atoms with van der Waals surface area (Å²) < 4.78 is 1.93. The van der Waals surface area contributed by atoms with Gasteiger partial charge in [-0.2, -0.15) is 0 Å². The molecule has 2 saturated heterocycles. The number of hydrogen-bond acceptors (Lipinski definition) is 5. The molecule has 0 atom stereocenters. The minimum absolute atomic E-state index is 0.0762. The predicted molar refractivity (Wildman–Crippen MR) is 91.1 cm³/mol. The largest absolute Gasteiger partial charge is 0.334 e. The standard InChI is InChI=1S/C16H23N5OS/c1-18-5-3-16(4-6-18)12-21(8-7-19(16)2)14(22)13-11-20-9-10-23-15(20)17-13/h9-11H,3-8,12H2,1-2H3. The highest BCUT2D eigenvalue weighted by Crippen LogP contribution is 2.31. The van der Waals surface area contributed by atoms with Crippen molar-refractivity contribution < 1.29 is 4.79 Å². The van der Waals surface area contributed by atoms with Crippen LogP contribution in [0.5, 0.6) is 0 Å². The zero-order valence-electron chi connectivity index (χ0n) is 13.7. The molecule has 1 spiro atoms. The van der Waals surface area contributed by atoms with Gasteiger partial charge in [0, 0.05) is 42.9 Å². The molecule has 0 saturated carbocycles. The van der Waals surface area contributed by atoms with Crippen molar-refractivity contribution >= 4 is 22.2 Å². The molecular formula is C16H23N5OS. The van der Waals surface area contributed by atoms with Crippen molar-refractivity contribution in [1.29, 1.82) is 0 Å². The maximum absolute atomic E-state index is 12.9. The van der Waals surface area contributed by atoms with Crippen LogP contribution in [-0.4, -0.2) is 82.3 Å². The second-order valence-corrected chi connectivity index (χ2v) is 7.77. The highest BCUT2D eigenvalue weighted by atomic mass is 32.1. The number of carbonyl (C=O) groups excluding carboxylic acids is 1. The molecule has 0 radical (unpaired) electrons. The smallest absolute Gasteiger partial charge is 0.274 e. The molecule has 2 aliphatic rings. The number of piperidine rings is 1. The maximum atomic E-state index is 12.9. The fraction of sp³-hybridized carbons (Fsp3) is 0.625. The molecule has 2 fully saturated rings. The Kier molecular flexibility index (Phi) is 3.66. The molecule has 124 valence electrons. The van der Waals surface area contributed by atoms with Crippen LogP contribution in [-0.2, 0) is 0 Å². The van der Waals surface area contributed by atoms with Gasteiger partial charge in [0.25, 0.3) is 5.91 Å². The SMILES string of the molecule is CN1CCC2(CC1)CN(C(=O)c1cn3ccsc3n1)CCN2C. The first-order valence-electron chi connectivity index (χ1n) is 8.19. The minimum Gasteiger partial charge on any atom is -0.334 e. The molecule has 2 aromatic heterocycles. The molecule has 4 heterocycles. The summed E-state index contributed by atoms with van der Waals surface area (Å²) in [4.78, 5) is 25.1. The van der Waals surface area contributed by atoms with E-state index in [2.05, 4.69) is 28.9 Å². The van der Waals surface area contributed by atoms with Gasteiger partial charge in [-0.3, -0.25) is 14.1 Å². The molecule has 2 aromatic rings. The van der Waals surface area contributed by atoms with Gasteiger partial charge in [0.2, 0.25) is 0 Å². The molecule has 23 heavy (non-hydrogen) atoms. The average Bonchev–Trinajstić information content (AvgIpc) is 3.14. The first-order valence-corrected chi connectivity index (χ1v) is 9.07. The number of piperazine rings is 1. The lowest BCUT2D eigenvalue weighted by Gasteiger charge is -2.52. The Morgan fingerprint density at radius 2 is 2.00 bits per heavy atom. The van der Waals surface area contributed by atoms with Crippen LogP contribution in [0.1, 0.15) is 23.3 Å². The zero-order valence-corrected chi connectivity index (χ0v) is 14.6. The Labute approximate surface area is 140 Å². The van der Waals surface area contributed by atoms with Crippen LogP contribution in [0.4, 0.5) is 0 Å². The van der Waals surface area contributed by atoms with Gasteiger partial charge in [0.1, 0.15) is 5.69 Å². The first-order chi connectivity index (χ1) is 11.1. The van der Waals surface area contributed by atoms with E-state index in [-0.39, 0.29) is 11.4 Å². The van der Waals surface area contributed by atoms with Gasteiger partial charge in [0.05, 0.1) is 0 Å². The number of nitrogens with zero attached hydrogens (tertiary/aromatic N) is 5. The Morgan fingerprint density at radius 3 is 2.74 bits per heavy atom. The number of fused-ring (bicyclic) bond motifs is 1. The summed E-state index contributed by atoms with van der Waals surface area (Å²) >= 11 is 1.56. The van der Waals surface area contributed by atoms with E-state index in [0.29, 0.717) is 5.69 Å². The van der Waals surface area contributed by atoms with Crippen molar-refractivity contribution in [2.45, 2.75) is 18.4 Å². The molecule has 0 bridgehead atoms. The van der Waals surface area contributed by atoms with Crippen LogP contribution in [0, 0.1) is 0 Å². The van der Waals surface area contributed by atoms with E-state index in [1.165, 1.54) is 0 Å². The predicted octanol–water partition coefficient (Wildman–Crippen LogP) is 1.25. The van der Waals surface area contributed by atoms with Gasteiger partial charge in [-0.25, -0.2) is 4.98 Å². The molecule has 0 unspecified atom stereocenters. The summed E-state index contributed by atoms with van der Waals surface area (Å²) in [5.41, 5.74) is 0.710. The van der Waals surface area contributed by atoms with Crippen molar-refractivity contribution in [3.63, 3.8) is 0 Å². The average molecular weight is 333 g/mol. The number of amides is 1. The summed E-state index contributed by atoms with van der Waals surface area (Å²) in [6, 6.07) is 0. The third-order valence-electron chi connectivity index (χ3n) is 5.52. The number of thiazole rings is 1. The van der Waals surface area contributed by atoms with Gasteiger partial charge in [-0.1, -0.05) is 0 Å². The highest BCUT2D eigenvalue weighted by Gasteiger charge is 2.43. The number of hydrogen-bond donors (Lipinski definition) is 0. The van der Waals surface area contributed by atoms with Gasteiger partial charge in [-0.15, -0.1) is 11.3 Å². The monoisotopic (exact) mass is 333 g/mol. The third-order valence-corrected chi connectivity index (χ3v) is 6.29. The van der Waals surface area contributed by atoms with Crippen LogP contribution < -0.4 is 0 Å². The number of likely N-dealkylation sites (tertiary alicyclic amines) is 1. The lowest BCUT2D eigenvalue weighted by molar-refractivity contribution is -0.0172. The fourth-order valence-electron chi connectivity index (χ4n) is 3.80. The molecule has 6 nitrogen and oxygen atoms in total. The van der Waals surface area contributed by atoms with Gasteiger partial charge >= 0.3 is 0 Å². The van der Waals surface area contributed by atoms with E-state index in [0.717, 1.165) is 50.5 Å². The summed E-state index contributed by atoms with van der Waals surface area (Å²) in [5.74, 6) is 0.0762. The summed E-state index contributed by atoms with van der Waals surface area (Å²) in [5, 5.41) is 1.99. The van der Waals surface area contributed by atoms with Crippen molar-refractivity contribution in [3.05, 3.63) is 23.5 Å². The topological polar surface area (TPSA) is 44.1 Å². The summed E-state index contributed by atoms with van der Waals surface area (Å²) in [6.07, 6.45) is 6.06. The molecule has 0 aliphatic carbocycles. The van der Waals surface area contributed by atoms with Crippen molar-refractivity contribution in [2.75, 3.05) is 46.8 Å². The van der Waals surface area contributed by atoms with Crippen LogP contribution >= 0.6 is 11.3 Å². The second-order valence-electron chi connectivity index (χ2n) is 6.89. The lowest BCUT2D eigenvalue weighted by atomic mass is 9.84. The van der Waals surface area contributed by atoms with E-state index >= 15 is 0 Å². The summed E-state index contributed by atoms with van der Waals surface area (Å²) in [7, 11) is 4.39. The van der Waals surface area contributed by atoms with Gasteiger partial charge in [-0.05, 0) is 40.0 Å². The Hall–Kier alpha value is -1.44. The number of likely N-dealkylation sites (N-methyl/N-ethyl adjacent to an activating group) is 1. The first kappa shape index (κ1) is 15.1. The van der Waals surface area contributed by atoms with Crippen molar-refractivity contribution in [2.24, 2.45) is 0 Å². The number of carbonyl (C=O) groups is 1. The zero-order chi connectivity index (χ0) is 16.0. The fourth-order valence-corrected chi connectivity index (χ4v) is 4.50. The third kappa shape index (κ3) is 2.56. The van der Waals surface area contributed by atoms with Crippen LogP contribution in [0.25, 0.3) is 4.96 Å². The quantitative estimate of drug-likeness (QED) is 0.788. The molecule has 0 N–H and O–H groups in total. The lowest BCUT2D eigenvalue weighted by Crippen LogP contribution is -2.65. The van der Waals surface area contributed by atoms with Gasteiger partial charge < -0.3 is 9.80 Å². The van der Waals surface area contributed by atoms with E-state index in [1.54, 1.807) is 11.3 Å². The van der Waals surface area contributed by atoms with Crippen molar-refractivity contribution in [3.8, 4) is 0 Å². The maximum Gasteiger partial charge on any atom is 0.274 e. The van der Waals surface area contributed by atoms with Crippen molar-refractivity contribution in [1.82, 2.24) is 24.1 Å². The summed E-state index contributed by atoms with van der Waals surface area (Å²) in [6.45, 7) is 4.76. The molecule has 0 aromatic carbocycles. The Balaban J connectivity index is 1.54. The Bertz CT molecular complexity index is 686. The number of rotatable bonds is 1. The van der Waals surface area contributed by atoms with Gasteiger partial charge in [0.15, 0.2) is 4.96 Å². The molecule has 7 heteroatoms. The van der Waals surface area contributed by atoms with E-state index in [1.807, 2.05) is 27.1 Å².